The Morgan fingerprint density at radius 2 is 1.77 bits per heavy atom. The Kier molecular flexibility index (Phi) is 1.95. The van der Waals surface area contributed by atoms with Gasteiger partial charge in [0, 0.05) is 12.0 Å². The number of hydrogen-bond acceptors (Lipinski definition) is 1. The zero-order valence-electron chi connectivity index (χ0n) is 7.34. The highest BCUT2D eigenvalue weighted by molar-refractivity contribution is 5.98. The minimum atomic E-state index is 0.188. The summed E-state index contributed by atoms with van der Waals surface area (Å²) in [6, 6.07) is 3.52. The molecule has 0 saturated carbocycles. The molecule has 0 unspecified atom stereocenters. The minimum absolute atomic E-state index is 0.188. The lowest BCUT2D eigenvalue weighted by Gasteiger charge is -2.16. The van der Waals surface area contributed by atoms with Crippen LogP contribution in [0.4, 0.5) is 0 Å². The van der Waals surface area contributed by atoms with Gasteiger partial charge in [-0.1, -0.05) is 6.07 Å². The van der Waals surface area contributed by atoms with Crippen molar-refractivity contribution in [2.75, 3.05) is 0 Å². The molecule has 0 N–H and O–H groups in total. The second kappa shape index (κ2) is 2.99. The highest BCUT2D eigenvalue weighted by atomic mass is 16.1. The summed E-state index contributed by atoms with van der Waals surface area (Å²) in [7, 11) is 0. The lowest BCUT2D eigenvalue weighted by Crippen LogP contribution is -2.11. The number of carbonyl (C=O) groups excluding carboxylic acids is 1. The predicted octanol–water partition coefficient (Wildman–Crippen LogP) is 2.32. The van der Waals surface area contributed by atoms with Crippen LogP contribution in [0.3, 0.4) is 0 Å². The lowest BCUT2D eigenvalue weighted by atomic mass is 9.88. The van der Waals surface area contributed by atoms with Gasteiger partial charge in [-0.2, -0.15) is 0 Å². The molecule has 1 aromatic rings. The maximum absolute atomic E-state index is 11.5. The number of fused-ring (bicyclic) bond motifs is 1. The van der Waals surface area contributed by atoms with E-state index in [1.165, 1.54) is 0 Å². The van der Waals surface area contributed by atoms with Gasteiger partial charge in [-0.3, -0.25) is 4.79 Å². The molecule has 1 nitrogen and oxygen atoms in total. The van der Waals surface area contributed by atoms with Crippen LogP contribution in [-0.4, -0.2) is 5.78 Å². The number of hydrogen-bond donors (Lipinski definition) is 0. The molecule has 1 aromatic carbocycles. The Morgan fingerprint density at radius 3 is 2.54 bits per heavy atom. The summed E-state index contributed by atoms with van der Waals surface area (Å²) in [4.78, 5) is 11.5. The van der Waals surface area contributed by atoms with E-state index in [-0.39, 0.29) is 5.78 Å². The van der Waals surface area contributed by atoms with E-state index in [0.29, 0.717) is 17.5 Å². The first-order valence-corrected chi connectivity index (χ1v) is 4.39. The van der Waals surface area contributed by atoms with Gasteiger partial charge >= 0.3 is 0 Å². The molecule has 0 amide bonds. The third-order valence-corrected chi connectivity index (χ3v) is 2.46. The molecule has 2 rings (SSSR count). The first kappa shape index (κ1) is 8.49. The molecule has 0 aromatic heterocycles. The van der Waals surface area contributed by atoms with Gasteiger partial charge in [-0.05, 0) is 49.4 Å². The van der Waals surface area contributed by atoms with E-state index in [2.05, 4.69) is 0 Å². The largest absolute Gasteiger partial charge is 0.294 e. The third kappa shape index (κ3) is 1.39. The number of Topliss-reactive ketones (excluding diaryl/α,β-unsaturated/α-hetero) is 1. The number of aryl methyl sites for hydroxylation is 1. The molecule has 1 aliphatic rings. The van der Waals surface area contributed by atoms with Crippen LogP contribution < -0.4 is 0 Å². The van der Waals surface area contributed by atoms with E-state index in [1.54, 1.807) is 6.07 Å². The standard InChI is InChI=1S/C12H10O/c1-8-6-10-4-3-5-12(13)11(10)7-9(8)2/h1-2,6-7H,3-5H2. The fourth-order valence-corrected chi connectivity index (χ4v) is 1.72. The summed E-state index contributed by atoms with van der Waals surface area (Å²) in [5, 5.41) is 0. The molecule has 0 spiro atoms. The first-order chi connectivity index (χ1) is 6.18. The number of carbonyl (C=O) groups is 1. The Hall–Kier alpha value is -1.11. The highest BCUT2D eigenvalue weighted by Crippen LogP contribution is 2.24. The van der Waals surface area contributed by atoms with Gasteiger partial charge < -0.3 is 0 Å². The van der Waals surface area contributed by atoms with E-state index in [1.807, 2.05) is 6.07 Å². The van der Waals surface area contributed by atoms with Crippen molar-refractivity contribution in [3.05, 3.63) is 48.2 Å². The monoisotopic (exact) mass is 170 g/mol. The highest BCUT2D eigenvalue weighted by Gasteiger charge is 2.17. The molecule has 1 heteroatoms. The molecule has 0 atom stereocenters. The van der Waals surface area contributed by atoms with Gasteiger partial charge in [0.25, 0.3) is 0 Å². The van der Waals surface area contributed by atoms with Gasteiger partial charge in [-0.25, -0.2) is 0 Å². The average Bonchev–Trinajstić information content (AvgIpc) is 2.09. The summed E-state index contributed by atoms with van der Waals surface area (Å²) in [6.45, 7) is 11.3. The Morgan fingerprint density at radius 1 is 1.08 bits per heavy atom. The topological polar surface area (TPSA) is 17.1 Å². The molecular formula is C12H10O. The molecular weight excluding hydrogens is 160 g/mol. The summed E-state index contributed by atoms with van der Waals surface area (Å²) < 4.78 is 0. The van der Waals surface area contributed by atoms with Crippen molar-refractivity contribution in [1.82, 2.24) is 0 Å². The Balaban J connectivity index is 2.58. The van der Waals surface area contributed by atoms with Crippen LogP contribution in [0.15, 0.2) is 12.1 Å². The van der Waals surface area contributed by atoms with E-state index < -0.39 is 0 Å². The minimum Gasteiger partial charge on any atom is -0.294 e. The van der Waals surface area contributed by atoms with E-state index in [4.69, 9.17) is 13.8 Å². The summed E-state index contributed by atoms with van der Waals surface area (Å²) in [6.07, 6.45) is 2.50. The molecule has 1 aliphatic carbocycles. The maximum Gasteiger partial charge on any atom is 0.163 e. The van der Waals surface area contributed by atoms with Gasteiger partial charge in [0.15, 0.2) is 5.78 Å². The summed E-state index contributed by atoms with van der Waals surface area (Å²) in [5.74, 6) is 0.188. The van der Waals surface area contributed by atoms with Crippen LogP contribution in [0.5, 0.6) is 0 Å². The van der Waals surface area contributed by atoms with Crippen molar-refractivity contribution in [3.8, 4) is 0 Å². The zero-order chi connectivity index (χ0) is 9.42. The normalized spacial score (nSPS) is 15.7. The van der Waals surface area contributed by atoms with Crippen LogP contribution >= 0.6 is 0 Å². The SMILES string of the molecule is [CH]c1cc2c(cc1[CH])C(=O)CCC2. The van der Waals surface area contributed by atoms with Gasteiger partial charge in [-0.15, -0.1) is 0 Å². The predicted molar refractivity (Wildman–Crippen MR) is 50.5 cm³/mol. The van der Waals surface area contributed by atoms with E-state index in [9.17, 15) is 4.79 Å². The van der Waals surface area contributed by atoms with Crippen LogP contribution in [0.25, 0.3) is 0 Å². The van der Waals surface area contributed by atoms with Crippen molar-refractivity contribution in [3.63, 3.8) is 0 Å². The van der Waals surface area contributed by atoms with Crippen molar-refractivity contribution < 1.29 is 4.79 Å². The van der Waals surface area contributed by atoms with Crippen LogP contribution in [-0.2, 0) is 6.42 Å². The molecule has 13 heavy (non-hydrogen) atoms. The van der Waals surface area contributed by atoms with Crippen molar-refractivity contribution in [2.24, 2.45) is 0 Å². The molecule has 0 bridgehead atoms. The Labute approximate surface area is 78.8 Å². The smallest absolute Gasteiger partial charge is 0.163 e. The van der Waals surface area contributed by atoms with Crippen molar-refractivity contribution >= 4 is 5.78 Å². The quantitative estimate of drug-likeness (QED) is 0.584. The zero-order valence-corrected chi connectivity index (χ0v) is 7.34. The Bertz CT molecular complexity index is 364. The number of benzene rings is 1. The third-order valence-electron chi connectivity index (χ3n) is 2.46. The van der Waals surface area contributed by atoms with Gasteiger partial charge in [0.2, 0.25) is 0 Å². The fraction of sp³-hybridized carbons (Fsp3) is 0.250. The second-order valence-corrected chi connectivity index (χ2v) is 3.42. The molecule has 0 aliphatic heterocycles. The van der Waals surface area contributed by atoms with Gasteiger partial charge in [0.05, 0.1) is 0 Å². The lowest BCUT2D eigenvalue weighted by molar-refractivity contribution is 0.0972. The molecule has 64 valence electrons. The van der Waals surface area contributed by atoms with Crippen LogP contribution in [0.2, 0.25) is 0 Å². The number of rotatable bonds is 0. The number of ketones is 1. The van der Waals surface area contributed by atoms with Crippen molar-refractivity contribution in [1.29, 1.82) is 0 Å². The van der Waals surface area contributed by atoms with Gasteiger partial charge in [0.1, 0.15) is 0 Å². The van der Waals surface area contributed by atoms with Crippen LogP contribution in [0, 0.1) is 13.8 Å². The summed E-state index contributed by atoms with van der Waals surface area (Å²) in [5.41, 5.74) is 2.89. The second-order valence-electron chi connectivity index (χ2n) is 3.42. The van der Waals surface area contributed by atoms with E-state index >= 15 is 0 Å². The van der Waals surface area contributed by atoms with E-state index in [0.717, 1.165) is 24.0 Å². The maximum atomic E-state index is 11.5. The molecule has 0 heterocycles. The molecule has 4 radical (unpaired) electrons. The average molecular weight is 170 g/mol. The molecule has 0 fully saturated rings. The molecule has 0 saturated heterocycles. The first-order valence-electron chi connectivity index (χ1n) is 4.39. The van der Waals surface area contributed by atoms with Crippen molar-refractivity contribution in [2.45, 2.75) is 19.3 Å². The summed E-state index contributed by atoms with van der Waals surface area (Å²) >= 11 is 0. The van der Waals surface area contributed by atoms with Crippen LogP contribution in [0.1, 0.15) is 39.9 Å². The fourth-order valence-electron chi connectivity index (χ4n) is 1.72.